The van der Waals surface area contributed by atoms with E-state index in [9.17, 15) is 4.79 Å². The van der Waals surface area contributed by atoms with Crippen molar-refractivity contribution in [2.75, 3.05) is 26.2 Å². The smallest absolute Gasteiger partial charge is 0.290 e. The van der Waals surface area contributed by atoms with E-state index < -0.39 is 0 Å². The van der Waals surface area contributed by atoms with E-state index >= 15 is 0 Å². The maximum Gasteiger partial charge on any atom is 0.290 e. The molecule has 1 aromatic heterocycles. The van der Waals surface area contributed by atoms with Crippen LogP contribution in [0.4, 0.5) is 0 Å². The number of amides is 1. The van der Waals surface area contributed by atoms with E-state index in [0.29, 0.717) is 19.6 Å². The van der Waals surface area contributed by atoms with E-state index in [4.69, 9.17) is 4.74 Å². The molecule has 0 radical (unpaired) electrons. The fourth-order valence-electron chi connectivity index (χ4n) is 3.07. The van der Waals surface area contributed by atoms with Crippen LogP contribution in [0.15, 0.2) is 24.3 Å². The lowest BCUT2D eigenvalue weighted by atomic mass is 10.1. The van der Waals surface area contributed by atoms with E-state index in [1.807, 2.05) is 12.1 Å². The Morgan fingerprint density at radius 1 is 1.27 bits per heavy atom. The van der Waals surface area contributed by atoms with Gasteiger partial charge in [-0.15, -0.1) is 5.10 Å². The van der Waals surface area contributed by atoms with E-state index in [1.54, 1.807) is 7.05 Å². The molecule has 8 nitrogen and oxygen atoms in total. The van der Waals surface area contributed by atoms with Crippen molar-refractivity contribution in [3.8, 4) is 5.75 Å². The quantitative estimate of drug-likeness (QED) is 0.718. The number of benzene rings is 1. The highest BCUT2D eigenvalue weighted by atomic mass is 16.5. The Labute approximate surface area is 153 Å². The van der Waals surface area contributed by atoms with Gasteiger partial charge in [-0.05, 0) is 60.5 Å². The van der Waals surface area contributed by atoms with Gasteiger partial charge in [0, 0.05) is 20.1 Å². The van der Waals surface area contributed by atoms with Crippen LogP contribution in [-0.2, 0) is 13.6 Å². The van der Waals surface area contributed by atoms with Gasteiger partial charge in [-0.2, -0.15) is 0 Å². The van der Waals surface area contributed by atoms with Gasteiger partial charge in [-0.3, -0.25) is 9.69 Å². The number of rotatable bonds is 8. The Morgan fingerprint density at radius 3 is 2.88 bits per heavy atom. The predicted molar refractivity (Wildman–Crippen MR) is 96.8 cm³/mol. The lowest BCUT2D eigenvalue weighted by molar-refractivity contribution is 0.0936. The second-order valence-electron chi connectivity index (χ2n) is 6.57. The highest BCUT2D eigenvalue weighted by Gasteiger charge is 2.12. The first-order valence-electron chi connectivity index (χ1n) is 9.17. The number of carbonyl (C=O) groups excluding carboxylic acids is 1. The summed E-state index contributed by atoms with van der Waals surface area (Å²) in [5, 5.41) is 13.6. The molecule has 1 fully saturated rings. The Bertz CT molecular complexity index is 711. The molecule has 0 saturated carbocycles. The zero-order valence-electron chi connectivity index (χ0n) is 15.2. The third-order valence-corrected chi connectivity index (χ3v) is 4.45. The normalized spacial score (nSPS) is 15.0. The van der Waals surface area contributed by atoms with Crippen LogP contribution in [0.1, 0.15) is 41.9 Å². The summed E-state index contributed by atoms with van der Waals surface area (Å²) in [6.07, 6.45) is 4.66. The van der Waals surface area contributed by atoms with Crippen molar-refractivity contribution in [3.63, 3.8) is 0 Å². The molecule has 2 heterocycles. The summed E-state index contributed by atoms with van der Waals surface area (Å²) >= 11 is 0. The molecule has 1 aromatic carbocycles. The minimum Gasteiger partial charge on any atom is -0.494 e. The van der Waals surface area contributed by atoms with Crippen molar-refractivity contribution < 1.29 is 9.53 Å². The SMILES string of the molecule is Cn1nnnc1C(=O)NCCCOc1cccc(CN2CCCCC2)c1. The third-order valence-electron chi connectivity index (χ3n) is 4.45. The molecule has 3 rings (SSSR count). The number of likely N-dealkylation sites (tertiary alicyclic amines) is 1. The number of tetrazole rings is 1. The first-order valence-corrected chi connectivity index (χ1v) is 9.17. The molecule has 0 aliphatic carbocycles. The molecule has 2 aromatic rings. The second kappa shape index (κ2) is 9.28. The highest BCUT2D eigenvalue weighted by molar-refractivity contribution is 5.90. The zero-order chi connectivity index (χ0) is 18.2. The van der Waals surface area contributed by atoms with Crippen molar-refractivity contribution in [3.05, 3.63) is 35.7 Å². The first-order chi connectivity index (χ1) is 12.7. The van der Waals surface area contributed by atoms with Crippen LogP contribution in [-0.4, -0.2) is 57.3 Å². The molecular formula is C18H26N6O2. The Hall–Kier alpha value is -2.48. The largest absolute Gasteiger partial charge is 0.494 e. The lowest BCUT2D eigenvalue weighted by Gasteiger charge is -2.26. The summed E-state index contributed by atoms with van der Waals surface area (Å²) in [6, 6.07) is 8.27. The zero-order valence-corrected chi connectivity index (χ0v) is 15.2. The second-order valence-corrected chi connectivity index (χ2v) is 6.57. The van der Waals surface area contributed by atoms with Crippen LogP contribution < -0.4 is 10.1 Å². The van der Waals surface area contributed by atoms with Crippen LogP contribution in [0, 0.1) is 0 Å². The van der Waals surface area contributed by atoms with Crippen LogP contribution in [0.3, 0.4) is 0 Å². The molecule has 0 atom stereocenters. The van der Waals surface area contributed by atoms with Crippen LogP contribution in [0.25, 0.3) is 0 Å². The lowest BCUT2D eigenvalue weighted by Crippen LogP contribution is -2.29. The molecule has 1 N–H and O–H groups in total. The average molecular weight is 358 g/mol. The van der Waals surface area contributed by atoms with Gasteiger partial charge in [0.1, 0.15) is 5.75 Å². The van der Waals surface area contributed by atoms with Gasteiger partial charge in [0.25, 0.3) is 5.91 Å². The summed E-state index contributed by atoms with van der Waals surface area (Å²) < 4.78 is 7.16. The Kier molecular flexibility index (Phi) is 6.54. The standard InChI is InChI=1S/C18H26N6O2/c1-23-17(20-21-22-23)18(25)19-9-6-12-26-16-8-5-7-15(13-16)14-24-10-3-2-4-11-24/h5,7-8,13H,2-4,6,9-12,14H2,1H3,(H,19,25). The number of hydrogen-bond acceptors (Lipinski definition) is 6. The summed E-state index contributed by atoms with van der Waals surface area (Å²) in [4.78, 5) is 14.4. The monoisotopic (exact) mass is 358 g/mol. The predicted octanol–water partition coefficient (Wildman–Crippen LogP) is 1.39. The maximum absolute atomic E-state index is 11.9. The molecule has 140 valence electrons. The van der Waals surface area contributed by atoms with E-state index in [1.165, 1.54) is 42.6 Å². The fourth-order valence-corrected chi connectivity index (χ4v) is 3.07. The average Bonchev–Trinajstić information content (AvgIpc) is 3.08. The van der Waals surface area contributed by atoms with Crippen molar-refractivity contribution in [1.82, 2.24) is 30.4 Å². The molecule has 26 heavy (non-hydrogen) atoms. The molecule has 1 aliphatic heterocycles. The molecule has 0 unspecified atom stereocenters. The maximum atomic E-state index is 11.9. The summed E-state index contributed by atoms with van der Waals surface area (Å²) in [6.45, 7) is 4.42. The Morgan fingerprint density at radius 2 is 2.12 bits per heavy atom. The third kappa shape index (κ3) is 5.26. The number of carbonyl (C=O) groups is 1. The molecule has 0 spiro atoms. The summed E-state index contributed by atoms with van der Waals surface area (Å²) in [5.41, 5.74) is 1.28. The molecule has 1 saturated heterocycles. The number of nitrogens with zero attached hydrogens (tertiary/aromatic N) is 5. The van der Waals surface area contributed by atoms with Crippen LogP contribution in [0.2, 0.25) is 0 Å². The molecular weight excluding hydrogens is 332 g/mol. The molecule has 1 aliphatic rings. The van der Waals surface area contributed by atoms with Crippen molar-refractivity contribution in [2.24, 2.45) is 7.05 Å². The number of ether oxygens (including phenoxy) is 1. The van der Waals surface area contributed by atoms with Gasteiger partial charge in [0.05, 0.1) is 6.61 Å². The minimum absolute atomic E-state index is 0.205. The van der Waals surface area contributed by atoms with Gasteiger partial charge < -0.3 is 10.1 Å². The number of piperidine rings is 1. The van der Waals surface area contributed by atoms with Gasteiger partial charge in [0.2, 0.25) is 5.82 Å². The molecule has 0 bridgehead atoms. The number of nitrogens with one attached hydrogen (secondary N) is 1. The Balaban J connectivity index is 1.37. The fraction of sp³-hybridized carbons (Fsp3) is 0.556. The molecule has 1 amide bonds. The van der Waals surface area contributed by atoms with Gasteiger partial charge >= 0.3 is 0 Å². The van der Waals surface area contributed by atoms with Gasteiger partial charge in [-0.1, -0.05) is 18.6 Å². The minimum atomic E-state index is -0.277. The van der Waals surface area contributed by atoms with Crippen LogP contribution in [0.5, 0.6) is 5.75 Å². The van der Waals surface area contributed by atoms with Crippen LogP contribution >= 0.6 is 0 Å². The summed E-state index contributed by atoms with van der Waals surface area (Å²) in [5.74, 6) is 0.806. The van der Waals surface area contributed by atoms with Crippen molar-refractivity contribution >= 4 is 5.91 Å². The highest BCUT2D eigenvalue weighted by Crippen LogP contribution is 2.17. The summed E-state index contributed by atoms with van der Waals surface area (Å²) in [7, 11) is 1.63. The number of aromatic nitrogens is 4. The van der Waals surface area contributed by atoms with Gasteiger partial charge in [0.15, 0.2) is 0 Å². The number of aryl methyl sites for hydroxylation is 1. The van der Waals surface area contributed by atoms with E-state index in [-0.39, 0.29) is 11.7 Å². The molecule has 8 heteroatoms. The van der Waals surface area contributed by atoms with E-state index in [0.717, 1.165) is 12.3 Å². The van der Waals surface area contributed by atoms with Crippen molar-refractivity contribution in [2.45, 2.75) is 32.2 Å². The topological polar surface area (TPSA) is 85.2 Å². The van der Waals surface area contributed by atoms with E-state index in [2.05, 4.69) is 37.9 Å². The van der Waals surface area contributed by atoms with Crippen molar-refractivity contribution in [1.29, 1.82) is 0 Å². The number of hydrogen-bond donors (Lipinski definition) is 1. The van der Waals surface area contributed by atoms with Gasteiger partial charge in [-0.25, -0.2) is 4.68 Å². The first kappa shape index (κ1) is 18.3.